The molecule has 6 heteroatoms. The minimum atomic E-state index is -0.533. The number of benzene rings is 1. The molecule has 0 aromatic heterocycles. The van der Waals surface area contributed by atoms with Crippen molar-refractivity contribution >= 4 is 34.7 Å². The van der Waals surface area contributed by atoms with Gasteiger partial charge in [-0.15, -0.1) is 0 Å². The number of thiocarbonyl (C=S) groups is 1. The van der Waals surface area contributed by atoms with E-state index >= 15 is 0 Å². The number of amides is 1. The number of nitrogens with two attached hydrogens (primary N) is 1. The topological polar surface area (TPSA) is 55.6 Å². The van der Waals surface area contributed by atoms with Crippen molar-refractivity contribution in [2.24, 2.45) is 5.73 Å². The highest BCUT2D eigenvalue weighted by molar-refractivity contribution is 7.80. The third kappa shape index (κ3) is 4.08. The lowest BCUT2D eigenvalue weighted by molar-refractivity contribution is -0.138. The Labute approximate surface area is 135 Å². The molecule has 1 fully saturated rings. The molecule has 0 bridgehead atoms. The first-order valence-electron chi connectivity index (χ1n) is 7.04. The summed E-state index contributed by atoms with van der Waals surface area (Å²) in [7, 11) is 0. The van der Waals surface area contributed by atoms with E-state index in [-0.39, 0.29) is 10.9 Å². The first-order chi connectivity index (χ1) is 9.99. The quantitative estimate of drug-likeness (QED) is 0.864. The molecule has 4 nitrogen and oxygen atoms in total. The zero-order valence-corrected chi connectivity index (χ0v) is 13.5. The summed E-state index contributed by atoms with van der Waals surface area (Å²) in [5, 5.41) is 0.428. The number of hydrogen-bond donors (Lipinski definition) is 1. The molecular formula is C15H19ClN2O2S. The fourth-order valence-corrected chi connectivity index (χ4v) is 2.90. The third-order valence-electron chi connectivity index (χ3n) is 3.53. The molecule has 21 heavy (non-hydrogen) atoms. The second-order valence-electron chi connectivity index (χ2n) is 5.15. The Kier molecular flexibility index (Phi) is 5.42. The summed E-state index contributed by atoms with van der Waals surface area (Å²) in [5.41, 5.74) is 6.16. The summed E-state index contributed by atoms with van der Waals surface area (Å²) in [6, 6.07) is 5.06. The number of halogens is 1. The summed E-state index contributed by atoms with van der Waals surface area (Å²) < 4.78 is 5.69. The van der Waals surface area contributed by atoms with E-state index < -0.39 is 6.10 Å². The van der Waals surface area contributed by atoms with Gasteiger partial charge in [0.05, 0.1) is 5.02 Å². The van der Waals surface area contributed by atoms with E-state index in [0.717, 1.165) is 25.9 Å². The van der Waals surface area contributed by atoms with Crippen molar-refractivity contribution in [1.29, 1.82) is 0 Å². The van der Waals surface area contributed by atoms with Crippen LogP contribution in [0.1, 0.15) is 31.7 Å². The molecule has 2 rings (SSSR count). The number of carbonyl (C=O) groups is 1. The maximum absolute atomic E-state index is 12.3. The smallest absolute Gasteiger partial charge is 0.263 e. The fraction of sp³-hybridized carbons (Fsp3) is 0.467. The Balaban J connectivity index is 2.01. The molecule has 1 heterocycles. The van der Waals surface area contributed by atoms with Crippen molar-refractivity contribution in [3.63, 3.8) is 0 Å². The molecule has 1 aliphatic rings. The van der Waals surface area contributed by atoms with Gasteiger partial charge in [0, 0.05) is 18.7 Å². The average molecular weight is 327 g/mol. The fourth-order valence-electron chi connectivity index (χ4n) is 2.39. The zero-order valence-electron chi connectivity index (χ0n) is 12.0. The second kappa shape index (κ2) is 7.09. The van der Waals surface area contributed by atoms with Crippen LogP contribution in [0.5, 0.6) is 5.75 Å². The Hall–Kier alpha value is -1.33. The van der Waals surface area contributed by atoms with Gasteiger partial charge in [-0.1, -0.05) is 23.8 Å². The molecule has 1 amide bonds. The van der Waals surface area contributed by atoms with Crippen LogP contribution < -0.4 is 10.5 Å². The van der Waals surface area contributed by atoms with E-state index in [4.69, 9.17) is 34.3 Å². The number of carbonyl (C=O) groups excluding carboxylic acids is 1. The van der Waals surface area contributed by atoms with Crippen molar-refractivity contribution in [3.8, 4) is 5.75 Å². The van der Waals surface area contributed by atoms with Crippen LogP contribution in [0.2, 0.25) is 5.02 Å². The maximum atomic E-state index is 12.3. The van der Waals surface area contributed by atoms with Crippen molar-refractivity contribution in [2.45, 2.75) is 32.3 Å². The monoisotopic (exact) mass is 326 g/mol. The molecule has 1 atom stereocenters. The first-order valence-corrected chi connectivity index (χ1v) is 7.82. The summed E-state index contributed by atoms with van der Waals surface area (Å²) in [5.74, 6) is 0.558. The highest BCUT2D eigenvalue weighted by Crippen LogP contribution is 2.24. The van der Waals surface area contributed by atoms with Crippen LogP contribution in [-0.4, -0.2) is 35.0 Å². The predicted octanol–water partition coefficient (Wildman–Crippen LogP) is 2.75. The van der Waals surface area contributed by atoms with E-state index in [1.165, 1.54) is 6.42 Å². The minimum Gasteiger partial charge on any atom is -0.481 e. The Morgan fingerprint density at radius 1 is 1.38 bits per heavy atom. The molecule has 0 aliphatic carbocycles. The highest BCUT2D eigenvalue weighted by Gasteiger charge is 2.23. The number of ether oxygens (including phenoxy) is 1. The van der Waals surface area contributed by atoms with Crippen LogP contribution in [0.15, 0.2) is 18.2 Å². The van der Waals surface area contributed by atoms with Crippen molar-refractivity contribution < 1.29 is 9.53 Å². The minimum absolute atomic E-state index is 0.0178. The molecule has 0 radical (unpaired) electrons. The van der Waals surface area contributed by atoms with Gasteiger partial charge in [0.1, 0.15) is 10.7 Å². The largest absolute Gasteiger partial charge is 0.481 e. The molecule has 1 aromatic carbocycles. The van der Waals surface area contributed by atoms with Crippen molar-refractivity contribution in [3.05, 3.63) is 28.8 Å². The van der Waals surface area contributed by atoms with Crippen LogP contribution in [0.4, 0.5) is 0 Å². The molecule has 2 N–H and O–H groups in total. The molecule has 1 unspecified atom stereocenters. The number of likely N-dealkylation sites (tertiary alicyclic amines) is 1. The van der Waals surface area contributed by atoms with E-state index in [9.17, 15) is 4.79 Å². The number of rotatable bonds is 4. The van der Waals surface area contributed by atoms with Gasteiger partial charge in [0.25, 0.3) is 5.91 Å². The molecule has 0 spiro atoms. The van der Waals surface area contributed by atoms with Crippen molar-refractivity contribution in [2.75, 3.05) is 13.1 Å². The molecule has 1 saturated heterocycles. The van der Waals surface area contributed by atoms with Gasteiger partial charge in [-0.25, -0.2) is 0 Å². The van der Waals surface area contributed by atoms with Gasteiger partial charge < -0.3 is 15.4 Å². The van der Waals surface area contributed by atoms with E-state index in [1.54, 1.807) is 25.1 Å². The van der Waals surface area contributed by atoms with E-state index in [2.05, 4.69) is 0 Å². The lowest BCUT2D eigenvalue weighted by atomic mass is 10.1. The maximum Gasteiger partial charge on any atom is 0.263 e. The number of nitrogens with zero attached hydrogens (tertiary/aromatic N) is 1. The van der Waals surface area contributed by atoms with Gasteiger partial charge >= 0.3 is 0 Å². The predicted molar refractivity (Wildman–Crippen MR) is 87.9 cm³/mol. The summed E-state index contributed by atoms with van der Waals surface area (Å²) >= 11 is 11.0. The summed E-state index contributed by atoms with van der Waals surface area (Å²) in [6.07, 6.45) is 2.78. The van der Waals surface area contributed by atoms with Crippen LogP contribution in [0.25, 0.3) is 0 Å². The number of hydrogen-bond acceptors (Lipinski definition) is 3. The zero-order chi connectivity index (χ0) is 15.4. The van der Waals surface area contributed by atoms with Crippen molar-refractivity contribution in [1.82, 2.24) is 4.90 Å². The Morgan fingerprint density at radius 2 is 2.05 bits per heavy atom. The highest BCUT2D eigenvalue weighted by atomic mass is 35.5. The normalized spacial score (nSPS) is 16.4. The Morgan fingerprint density at radius 3 is 2.62 bits per heavy atom. The van der Waals surface area contributed by atoms with Crippen LogP contribution in [0.3, 0.4) is 0 Å². The number of piperidine rings is 1. The molecule has 0 saturated carbocycles. The SMILES string of the molecule is CC(Oc1ccc(C(N)=S)c(Cl)c1)C(=O)N1CCCCC1. The molecule has 1 aromatic rings. The Bertz CT molecular complexity index is 544. The van der Waals surface area contributed by atoms with E-state index in [1.807, 2.05) is 4.90 Å². The van der Waals surface area contributed by atoms with Gasteiger partial charge in [-0.05, 0) is 44.4 Å². The molecule has 1 aliphatic heterocycles. The van der Waals surface area contributed by atoms with Gasteiger partial charge in [0.2, 0.25) is 0 Å². The second-order valence-corrected chi connectivity index (χ2v) is 6.00. The van der Waals surface area contributed by atoms with Gasteiger partial charge in [0.15, 0.2) is 6.10 Å². The van der Waals surface area contributed by atoms with Crippen LogP contribution in [-0.2, 0) is 4.79 Å². The summed E-state index contributed by atoms with van der Waals surface area (Å²) in [6.45, 7) is 3.38. The standard InChI is InChI=1S/C15H19ClN2O2S/c1-10(15(19)18-7-3-2-4-8-18)20-11-5-6-12(14(17)21)13(16)9-11/h5-6,9-10H,2-4,7-8H2,1H3,(H2,17,21). The third-order valence-corrected chi connectivity index (χ3v) is 4.07. The van der Waals surface area contributed by atoms with Crippen LogP contribution >= 0.6 is 23.8 Å². The van der Waals surface area contributed by atoms with E-state index in [0.29, 0.717) is 16.3 Å². The molecular weight excluding hydrogens is 308 g/mol. The first kappa shape index (κ1) is 16.0. The van der Waals surface area contributed by atoms with Gasteiger partial charge in [-0.2, -0.15) is 0 Å². The lowest BCUT2D eigenvalue weighted by Crippen LogP contribution is -2.43. The van der Waals surface area contributed by atoms with Gasteiger partial charge in [-0.3, -0.25) is 4.79 Å². The summed E-state index contributed by atoms with van der Waals surface area (Å²) in [4.78, 5) is 14.4. The van der Waals surface area contributed by atoms with Crippen LogP contribution in [0, 0.1) is 0 Å². The molecule has 114 valence electrons. The lowest BCUT2D eigenvalue weighted by Gasteiger charge is -2.29. The average Bonchev–Trinajstić information content (AvgIpc) is 2.47.